The van der Waals surface area contributed by atoms with Crippen LogP contribution in [0.5, 0.6) is 0 Å². The summed E-state index contributed by atoms with van der Waals surface area (Å²) in [5.41, 5.74) is 2.98. The van der Waals surface area contributed by atoms with Crippen LogP contribution in [0.25, 0.3) is 10.9 Å². The number of rotatable bonds is 4. The number of aromatic nitrogens is 2. The van der Waals surface area contributed by atoms with Crippen LogP contribution in [0.4, 0.5) is 29.5 Å². The molecule has 2 atom stereocenters. The highest BCUT2D eigenvalue weighted by Crippen LogP contribution is 2.35. The van der Waals surface area contributed by atoms with E-state index in [1.54, 1.807) is 17.0 Å². The molecule has 0 spiro atoms. The molecule has 1 aliphatic heterocycles. The van der Waals surface area contributed by atoms with Gasteiger partial charge in [-0.3, -0.25) is 5.10 Å². The first-order chi connectivity index (χ1) is 13.7. The van der Waals surface area contributed by atoms with Gasteiger partial charge in [-0.25, -0.2) is 4.79 Å². The molecule has 0 saturated carbocycles. The zero-order valence-corrected chi connectivity index (χ0v) is 15.8. The number of nitrogens with zero attached hydrogens (tertiary/aromatic N) is 2. The van der Waals surface area contributed by atoms with E-state index in [2.05, 4.69) is 20.8 Å². The Balaban J connectivity index is 1.65. The quantitative estimate of drug-likeness (QED) is 0.572. The van der Waals surface area contributed by atoms with Gasteiger partial charge < -0.3 is 15.5 Å². The number of aromatic amines is 1. The maximum absolute atomic E-state index is 12.9. The minimum absolute atomic E-state index is 0.132. The number of halogens is 3. The van der Waals surface area contributed by atoms with E-state index in [0.717, 1.165) is 18.1 Å². The van der Waals surface area contributed by atoms with Crippen LogP contribution in [-0.4, -0.2) is 33.3 Å². The minimum Gasteiger partial charge on any atom is -0.357 e. The Kier molecular flexibility index (Phi) is 4.60. The van der Waals surface area contributed by atoms with Gasteiger partial charge in [0, 0.05) is 11.1 Å². The van der Waals surface area contributed by atoms with Crippen LogP contribution in [0, 0.1) is 0 Å². The summed E-state index contributed by atoms with van der Waals surface area (Å²) in [4.78, 5) is 14.3. The summed E-state index contributed by atoms with van der Waals surface area (Å²) in [6, 6.07) is 11.0. The predicted octanol–water partition coefficient (Wildman–Crippen LogP) is 5.03. The number of benzene rings is 2. The van der Waals surface area contributed by atoms with Gasteiger partial charge in [-0.2, -0.15) is 18.3 Å². The first-order valence-electron chi connectivity index (χ1n) is 9.21. The van der Waals surface area contributed by atoms with Gasteiger partial charge in [0.05, 0.1) is 18.1 Å². The average molecular weight is 403 g/mol. The van der Waals surface area contributed by atoms with E-state index in [9.17, 15) is 18.0 Å². The molecule has 2 aromatic carbocycles. The van der Waals surface area contributed by atoms with Crippen molar-refractivity contribution in [3.05, 3.63) is 53.6 Å². The number of fused-ring (bicyclic) bond motifs is 2. The molecule has 2 heterocycles. The molecule has 2 amide bonds. The highest BCUT2D eigenvalue weighted by atomic mass is 19.4. The SMILES string of the molecule is CC(Nc1n[nH]c2cc3c(cc12)CN([C@H](C)c1ccccc1)C(=O)N3)C(F)(F)F. The lowest BCUT2D eigenvalue weighted by Gasteiger charge is -2.34. The van der Waals surface area contributed by atoms with Gasteiger partial charge in [-0.05, 0) is 37.1 Å². The summed E-state index contributed by atoms with van der Waals surface area (Å²) in [5, 5.41) is 12.5. The summed E-state index contributed by atoms with van der Waals surface area (Å²) >= 11 is 0. The van der Waals surface area contributed by atoms with E-state index in [0.29, 0.717) is 23.1 Å². The third-order valence-corrected chi connectivity index (χ3v) is 5.22. The fourth-order valence-corrected chi connectivity index (χ4v) is 3.42. The monoisotopic (exact) mass is 403 g/mol. The second kappa shape index (κ2) is 6.98. The van der Waals surface area contributed by atoms with Crippen LogP contribution in [-0.2, 0) is 6.54 Å². The highest BCUT2D eigenvalue weighted by Gasteiger charge is 2.36. The van der Waals surface area contributed by atoms with Crippen molar-refractivity contribution < 1.29 is 18.0 Å². The lowest BCUT2D eigenvalue weighted by Crippen LogP contribution is -2.40. The number of carbonyl (C=O) groups excluding carboxylic acids is 1. The van der Waals surface area contributed by atoms with E-state index in [1.807, 2.05) is 37.3 Å². The topological polar surface area (TPSA) is 73.0 Å². The van der Waals surface area contributed by atoms with Crippen LogP contribution in [0.15, 0.2) is 42.5 Å². The van der Waals surface area contributed by atoms with Gasteiger partial charge in [-0.15, -0.1) is 0 Å². The standard InChI is InChI=1S/C20H20F3N5O/c1-11(13-6-4-3-5-7-13)28-10-14-8-15-17(9-16(14)25-19(28)29)26-27-18(15)24-12(2)20(21,22)23/h3-9,11-12H,10H2,1-2H3,(H,25,29)(H2,24,26,27)/t11-,12?/m1/s1. The molecule has 0 aliphatic carbocycles. The molecule has 1 unspecified atom stereocenters. The lowest BCUT2D eigenvalue weighted by atomic mass is 10.0. The van der Waals surface area contributed by atoms with E-state index in [4.69, 9.17) is 0 Å². The first kappa shape index (κ1) is 19.1. The third kappa shape index (κ3) is 3.59. The molecular formula is C20H20F3N5O. The van der Waals surface area contributed by atoms with Crippen LogP contribution in [0.1, 0.15) is 31.0 Å². The molecule has 4 rings (SSSR count). The van der Waals surface area contributed by atoms with Crippen molar-refractivity contribution in [1.29, 1.82) is 0 Å². The van der Waals surface area contributed by atoms with Crippen molar-refractivity contribution in [3.8, 4) is 0 Å². The smallest absolute Gasteiger partial charge is 0.357 e. The van der Waals surface area contributed by atoms with Crippen molar-refractivity contribution in [2.45, 2.75) is 38.7 Å². The molecule has 1 aromatic heterocycles. The Morgan fingerprint density at radius 2 is 1.90 bits per heavy atom. The molecule has 9 heteroatoms. The molecule has 3 N–H and O–H groups in total. The fourth-order valence-electron chi connectivity index (χ4n) is 3.42. The Morgan fingerprint density at radius 3 is 2.59 bits per heavy atom. The largest absolute Gasteiger partial charge is 0.408 e. The maximum Gasteiger partial charge on any atom is 0.408 e. The minimum atomic E-state index is -4.38. The number of urea groups is 1. The summed E-state index contributed by atoms with van der Waals surface area (Å²) in [6.45, 7) is 3.32. The molecule has 152 valence electrons. The van der Waals surface area contributed by atoms with Crippen molar-refractivity contribution in [3.63, 3.8) is 0 Å². The second-order valence-electron chi connectivity index (χ2n) is 7.18. The van der Waals surface area contributed by atoms with Crippen molar-refractivity contribution in [2.24, 2.45) is 0 Å². The van der Waals surface area contributed by atoms with Gasteiger partial charge in [0.1, 0.15) is 6.04 Å². The molecule has 6 nitrogen and oxygen atoms in total. The van der Waals surface area contributed by atoms with Gasteiger partial charge in [-0.1, -0.05) is 30.3 Å². The maximum atomic E-state index is 12.9. The van der Waals surface area contributed by atoms with Gasteiger partial charge in [0.15, 0.2) is 5.82 Å². The van der Waals surface area contributed by atoms with Crippen LogP contribution in [0.2, 0.25) is 0 Å². The van der Waals surface area contributed by atoms with Crippen molar-refractivity contribution >= 4 is 28.4 Å². The molecule has 0 radical (unpaired) electrons. The number of nitrogens with one attached hydrogen (secondary N) is 3. The van der Waals surface area contributed by atoms with Gasteiger partial charge >= 0.3 is 12.2 Å². The number of hydrogen-bond acceptors (Lipinski definition) is 3. The van der Waals surface area contributed by atoms with Crippen LogP contribution >= 0.6 is 0 Å². The lowest BCUT2D eigenvalue weighted by molar-refractivity contribution is -0.138. The van der Waals surface area contributed by atoms with E-state index >= 15 is 0 Å². The van der Waals surface area contributed by atoms with Gasteiger partial charge in [0.25, 0.3) is 0 Å². The molecule has 0 saturated heterocycles. The summed E-state index contributed by atoms with van der Waals surface area (Å²) in [5.74, 6) is 0.132. The molecule has 0 fully saturated rings. The zero-order valence-electron chi connectivity index (χ0n) is 15.8. The number of H-pyrrole nitrogens is 1. The van der Waals surface area contributed by atoms with E-state index in [1.165, 1.54) is 0 Å². The number of alkyl halides is 3. The Hall–Kier alpha value is -3.23. The first-order valence-corrected chi connectivity index (χ1v) is 9.21. The van der Waals surface area contributed by atoms with Crippen LogP contribution in [0.3, 0.4) is 0 Å². The number of carbonyl (C=O) groups is 1. The molecule has 29 heavy (non-hydrogen) atoms. The van der Waals surface area contributed by atoms with Crippen molar-refractivity contribution in [2.75, 3.05) is 10.6 Å². The predicted molar refractivity (Wildman–Crippen MR) is 105 cm³/mol. The zero-order chi connectivity index (χ0) is 20.8. The summed E-state index contributed by atoms with van der Waals surface area (Å²) in [6.07, 6.45) is -4.38. The molecule has 0 bridgehead atoms. The Morgan fingerprint density at radius 1 is 1.17 bits per heavy atom. The Labute approximate surface area is 165 Å². The van der Waals surface area contributed by atoms with Crippen molar-refractivity contribution in [1.82, 2.24) is 15.1 Å². The van der Waals surface area contributed by atoms with Crippen LogP contribution < -0.4 is 10.6 Å². The highest BCUT2D eigenvalue weighted by molar-refractivity contribution is 5.99. The molecule has 1 aliphatic rings. The Bertz CT molecular complexity index is 1050. The van der Waals surface area contributed by atoms with E-state index in [-0.39, 0.29) is 17.9 Å². The molecular weight excluding hydrogens is 383 g/mol. The second-order valence-corrected chi connectivity index (χ2v) is 7.18. The number of anilines is 2. The normalized spacial score (nSPS) is 16.3. The fraction of sp³-hybridized carbons (Fsp3) is 0.300. The summed E-state index contributed by atoms with van der Waals surface area (Å²) < 4.78 is 38.7. The third-order valence-electron chi connectivity index (χ3n) is 5.22. The molecule has 3 aromatic rings. The number of hydrogen-bond donors (Lipinski definition) is 3. The van der Waals surface area contributed by atoms with Gasteiger partial charge in [0.2, 0.25) is 0 Å². The number of amides is 2. The summed E-state index contributed by atoms with van der Waals surface area (Å²) in [7, 11) is 0. The average Bonchev–Trinajstić information content (AvgIpc) is 3.07. The van der Waals surface area contributed by atoms with E-state index < -0.39 is 12.2 Å².